The Hall–Kier alpha value is -1.05. The fourth-order valence-corrected chi connectivity index (χ4v) is 1.69. The molecule has 0 atom stereocenters. The quantitative estimate of drug-likeness (QED) is 0.835. The maximum absolute atomic E-state index is 8.74. The molecule has 0 bridgehead atoms. The molecule has 0 spiro atoms. The molecule has 0 N–H and O–H groups in total. The van der Waals surface area contributed by atoms with Crippen LogP contribution in [0.5, 0.6) is 5.75 Å². The van der Waals surface area contributed by atoms with E-state index in [1.54, 1.807) is 25.3 Å². The first-order valence-electron chi connectivity index (χ1n) is 5.36. The average Bonchev–Trinajstić information content (AvgIpc) is 2.31. The normalized spacial score (nSPS) is 11.0. The predicted molar refractivity (Wildman–Crippen MR) is 70.1 cm³/mol. The molecule has 1 aromatic carbocycles. The highest BCUT2D eigenvalue weighted by Gasteiger charge is 2.16. The summed E-state index contributed by atoms with van der Waals surface area (Å²) < 4.78 is 11.7. The van der Waals surface area contributed by atoms with Gasteiger partial charge in [-0.1, -0.05) is 0 Å². The van der Waals surface area contributed by atoms with Crippen LogP contribution in [-0.2, 0) is 4.74 Å². The Kier molecular flexibility index (Phi) is 4.98. The number of nitriles is 1. The van der Waals surface area contributed by atoms with E-state index in [4.69, 9.17) is 14.7 Å². The molecule has 0 aliphatic heterocycles. The van der Waals surface area contributed by atoms with Crippen LogP contribution >= 0.6 is 15.9 Å². The molecule has 0 radical (unpaired) electrons. The van der Waals surface area contributed by atoms with E-state index in [0.717, 1.165) is 16.6 Å². The molecule has 1 rings (SSSR count). The van der Waals surface area contributed by atoms with E-state index in [9.17, 15) is 0 Å². The second kappa shape index (κ2) is 6.04. The van der Waals surface area contributed by atoms with Crippen molar-refractivity contribution in [2.24, 2.45) is 0 Å². The van der Waals surface area contributed by atoms with Gasteiger partial charge in [-0.3, -0.25) is 0 Å². The van der Waals surface area contributed by atoms with Crippen molar-refractivity contribution in [3.8, 4) is 11.8 Å². The fraction of sp³-hybridized carbons (Fsp3) is 0.462. The maximum atomic E-state index is 8.74. The number of nitrogens with zero attached hydrogens (tertiary/aromatic N) is 1. The van der Waals surface area contributed by atoms with Crippen LogP contribution in [0.25, 0.3) is 0 Å². The number of benzene rings is 1. The highest BCUT2D eigenvalue weighted by atomic mass is 79.9. The molecule has 0 unspecified atom stereocenters. The molecule has 17 heavy (non-hydrogen) atoms. The van der Waals surface area contributed by atoms with Gasteiger partial charge in [0.1, 0.15) is 5.75 Å². The summed E-state index contributed by atoms with van der Waals surface area (Å²) in [6, 6.07) is 7.36. The number of halogens is 1. The topological polar surface area (TPSA) is 42.2 Å². The van der Waals surface area contributed by atoms with Crippen LogP contribution in [0.3, 0.4) is 0 Å². The number of methoxy groups -OCH3 is 1. The minimum absolute atomic E-state index is 0.181. The van der Waals surface area contributed by atoms with Crippen molar-refractivity contribution in [2.75, 3.05) is 13.7 Å². The highest BCUT2D eigenvalue weighted by molar-refractivity contribution is 9.10. The standard InChI is InChI=1S/C13H16BrNO2/c1-13(2,16-3)6-7-17-12-5-4-10(9-15)8-11(12)14/h4-5,8H,6-7H2,1-3H3. The Labute approximate surface area is 110 Å². The van der Waals surface area contributed by atoms with Crippen molar-refractivity contribution in [1.29, 1.82) is 5.26 Å². The molecule has 3 nitrogen and oxygen atoms in total. The van der Waals surface area contributed by atoms with Gasteiger partial charge < -0.3 is 9.47 Å². The second-order valence-corrected chi connectivity index (χ2v) is 5.17. The van der Waals surface area contributed by atoms with Crippen LogP contribution < -0.4 is 4.74 Å². The van der Waals surface area contributed by atoms with Crippen molar-refractivity contribution < 1.29 is 9.47 Å². The summed E-state index contributed by atoms with van der Waals surface area (Å²) in [7, 11) is 1.69. The van der Waals surface area contributed by atoms with E-state index in [-0.39, 0.29) is 5.60 Å². The van der Waals surface area contributed by atoms with Crippen molar-refractivity contribution in [2.45, 2.75) is 25.9 Å². The Morgan fingerprint density at radius 1 is 1.41 bits per heavy atom. The van der Waals surface area contributed by atoms with Gasteiger partial charge in [-0.25, -0.2) is 0 Å². The molecular formula is C13H16BrNO2. The summed E-state index contributed by atoms with van der Waals surface area (Å²) in [6.07, 6.45) is 0.802. The van der Waals surface area contributed by atoms with Crippen molar-refractivity contribution in [3.05, 3.63) is 28.2 Å². The summed E-state index contributed by atoms with van der Waals surface area (Å²) in [6.45, 7) is 4.61. The Balaban J connectivity index is 2.56. The third-order valence-electron chi connectivity index (χ3n) is 2.58. The van der Waals surface area contributed by atoms with E-state index in [1.165, 1.54) is 0 Å². The summed E-state index contributed by atoms with van der Waals surface area (Å²) in [5, 5.41) is 8.74. The van der Waals surface area contributed by atoms with Crippen molar-refractivity contribution in [1.82, 2.24) is 0 Å². The fourth-order valence-electron chi connectivity index (χ4n) is 1.20. The first kappa shape index (κ1) is 14.0. The van der Waals surface area contributed by atoms with Crippen LogP contribution in [0, 0.1) is 11.3 Å². The average molecular weight is 298 g/mol. The zero-order valence-corrected chi connectivity index (χ0v) is 11.9. The summed E-state index contributed by atoms with van der Waals surface area (Å²) >= 11 is 3.38. The zero-order chi connectivity index (χ0) is 12.9. The van der Waals surface area contributed by atoms with Gasteiger partial charge in [-0.05, 0) is 48.0 Å². The van der Waals surface area contributed by atoms with E-state index < -0.39 is 0 Å². The van der Waals surface area contributed by atoms with Gasteiger partial charge >= 0.3 is 0 Å². The minimum atomic E-state index is -0.181. The molecular weight excluding hydrogens is 282 g/mol. The first-order valence-corrected chi connectivity index (χ1v) is 6.15. The Morgan fingerprint density at radius 3 is 2.65 bits per heavy atom. The van der Waals surface area contributed by atoms with Gasteiger partial charge in [-0.15, -0.1) is 0 Å². The Morgan fingerprint density at radius 2 is 2.12 bits per heavy atom. The lowest BCUT2D eigenvalue weighted by Crippen LogP contribution is -2.25. The first-order chi connectivity index (χ1) is 7.98. The Bertz CT molecular complexity index is 424. The monoisotopic (exact) mass is 297 g/mol. The number of hydrogen-bond acceptors (Lipinski definition) is 3. The number of hydrogen-bond donors (Lipinski definition) is 0. The summed E-state index contributed by atoms with van der Waals surface area (Å²) in [5.74, 6) is 0.746. The lowest BCUT2D eigenvalue weighted by atomic mass is 10.1. The molecule has 0 fully saturated rings. The highest BCUT2D eigenvalue weighted by Crippen LogP contribution is 2.26. The molecule has 0 heterocycles. The predicted octanol–water partition coefficient (Wildman–Crippen LogP) is 3.51. The minimum Gasteiger partial charge on any atom is -0.492 e. The molecule has 0 aliphatic carbocycles. The van der Waals surface area contributed by atoms with Gasteiger partial charge in [0.05, 0.1) is 28.3 Å². The van der Waals surface area contributed by atoms with Crippen LogP contribution in [0.1, 0.15) is 25.8 Å². The molecule has 0 saturated heterocycles. The largest absolute Gasteiger partial charge is 0.492 e. The zero-order valence-electron chi connectivity index (χ0n) is 10.3. The molecule has 1 aromatic rings. The van der Waals surface area contributed by atoms with E-state index in [2.05, 4.69) is 22.0 Å². The van der Waals surface area contributed by atoms with Crippen molar-refractivity contribution in [3.63, 3.8) is 0 Å². The smallest absolute Gasteiger partial charge is 0.133 e. The molecule has 0 saturated carbocycles. The van der Waals surface area contributed by atoms with E-state index in [1.807, 2.05) is 13.8 Å². The van der Waals surface area contributed by atoms with E-state index >= 15 is 0 Å². The lowest BCUT2D eigenvalue weighted by molar-refractivity contribution is 0.00539. The van der Waals surface area contributed by atoms with Crippen LogP contribution in [0.2, 0.25) is 0 Å². The third-order valence-corrected chi connectivity index (χ3v) is 3.19. The van der Waals surface area contributed by atoms with Gasteiger partial charge in [0.2, 0.25) is 0 Å². The molecule has 0 aliphatic rings. The molecule has 0 amide bonds. The maximum Gasteiger partial charge on any atom is 0.133 e. The third kappa shape index (κ3) is 4.37. The number of ether oxygens (including phenoxy) is 2. The van der Waals surface area contributed by atoms with Gasteiger partial charge in [0.15, 0.2) is 0 Å². The summed E-state index contributed by atoms with van der Waals surface area (Å²) in [5.41, 5.74) is 0.431. The summed E-state index contributed by atoms with van der Waals surface area (Å²) in [4.78, 5) is 0. The van der Waals surface area contributed by atoms with Crippen LogP contribution in [0.15, 0.2) is 22.7 Å². The van der Waals surface area contributed by atoms with Crippen LogP contribution in [0.4, 0.5) is 0 Å². The van der Waals surface area contributed by atoms with E-state index in [0.29, 0.717) is 12.2 Å². The van der Waals surface area contributed by atoms with Crippen LogP contribution in [-0.4, -0.2) is 19.3 Å². The molecule has 4 heteroatoms. The SMILES string of the molecule is COC(C)(C)CCOc1ccc(C#N)cc1Br. The van der Waals surface area contributed by atoms with Gasteiger partial charge in [-0.2, -0.15) is 5.26 Å². The number of rotatable bonds is 5. The molecule has 0 aromatic heterocycles. The van der Waals surface area contributed by atoms with Crippen molar-refractivity contribution >= 4 is 15.9 Å². The second-order valence-electron chi connectivity index (χ2n) is 4.32. The molecule has 92 valence electrons. The van der Waals surface area contributed by atoms with Gasteiger partial charge in [0.25, 0.3) is 0 Å². The lowest BCUT2D eigenvalue weighted by Gasteiger charge is -2.22. The van der Waals surface area contributed by atoms with Gasteiger partial charge in [0, 0.05) is 13.5 Å².